The summed E-state index contributed by atoms with van der Waals surface area (Å²) in [5.41, 5.74) is 4.74. The largest absolute Gasteiger partial charge is 0.454 e. The Morgan fingerprint density at radius 1 is 1.12 bits per heavy atom. The fourth-order valence-corrected chi connectivity index (χ4v) is 2.21. The first-order valence-electron chi connectivity index (χ1n) is 7.36. The van der Waals surface area contributed by atoms with Crippen LogP contribution in [0.25, 0.3) is 6.08 Å². The van der Waals surface area contributed by atoms with Crippen LogP contribution in [0.4, 0.5) is 5.82 Å². The number of nitrogens with zero attached hydrogens (tertiary/aromatic N) is 2. The summed E-state index contributed by atoms with van der Waals surface area (Å²) in [6, 6.07) is 6.51. The van der Waals surface area contributed by atoms with Crippen molar-refractivity contribution in [3.8, 4) is 11.5 Å². The van der Waals surface area contributed by atoms with Gasteiger partial charge in [-0.3, -0.25) is 29.6 Å². The number of amides is 1. The summed E-state index contributed by atoms with van der Waals surface area (Å²) in [4.78, 5) is 35.3. The maximum Gasteiger partial charge on any atom is 0.332 e. The molecule has 9 heteroatoms. The van der Waals surface area contributed by atoms with Crippen molar-refractivity contribution in [2.45, 2.75) is 0 Å². The van der Waals surface area contributed by atoms with Crippen LogP contribution in [0.5, 0.6) is 11.5 Å². The van der Waals surface area contributed by atoms with Gasteiger partial charge in [0, 0.05) is 26.2 Å². The highest BCUT2D eigenvalue weighted by Gasteiger charge is 2.12. The topological polar surface area (TPSA) is 104 Å². The molecular weight excluding hydrogens is 328 g/mol. The minimum Gasteiger partial charge on any atom is -0.454 e. The number of hydrogen-bond donors (Lipinski definition) is 2. The second-order valence-corrected chi connectivity index (χ2v) is 5.33. The Kier molecular flexibility index (Phi) is 4.29. The van der Waals surface area contributed by atoms with Gasteiger partial charge < -0.3 is 9.47 Å². The standard InChI is InChI=1S/C16H16N4O5/c1-19-13(8-15(22)20(2)16(19)23)17-18-14(21)6-4-10-3-5-11-12(7-10)25-9-24-11/h3-8,17H,9H2,1-2H3,(H,18,21). The van der Waals surface area contributed by atoms with Crippen molar-refractivity contribution < 1.29 is 14.3 Å². The number of fused-ring (bicyclic) bond motifs is 1. The highest BCUT2D eigenvalue weighted by atomic mass is 16.7. The summed E-state index contributed by atoms with van der Waals surface area (Å²) in [5.74, 6) is 1.01. The lowest BCUT2D eigenvalue weighted by atomic mass is 10.2. The maximum absolute atomic E-state index is 11.9. The fourth-order valence-electron chi connectivity index (χ4n) is 2.21. The van der Waals surface area contributed by atoms with E-state index in [9.17, 15) is 14.4 Å². The van der Waals surface area contributed by atoms with Crippen molar-refractivity contribution in [3.63, 3.8) is 0 Å². The average Bonchev–Trinajstić information content (AvgIpc) is 3.07. The zero-order chi connectivity index (χ0) is 18.0. The molecule has 0 saturated carbocycles. The van der Waals surface area contributed by atoms with E-state index < -0.39 is 17.2 Å². The van der Waals surface area contributed by atoms with Gasteiger partial charge in [-0.15, -0.1) is 0 Å². The summed E-state index contributed by atoms with van der Waals surface area (Å²) in [7, 11) is 2.86. The molecule has 9 nitrogen and oxygen atoms in total. The summed E-state index contributed by atoms with van der Waals surface area (Å²) in [6.45, 7) is 0.183. The Labute approximate surface area is 142 Å². The van der Waals surface area contributed by atoms with Gasteiger partial charge in [0.15, 0.2) is 11.5 Å². The van der Waals surface area contributed by atoms with Crippen LogP contribution in [0.15, 0.2) is 39.9 Å². The van der Waals surface area contributed by atoms with Crippen molar-refractivity contribution in [1.82, 2.24) is 14.6 Å². The van der Waals surface area contributed by atoms with Gasteiger partial charge in [0.25, 0.3) is 11.5 Å². The van der Waals surface area contributed by atoms with E-state index in [-0.39, 0.29) is 12.6 Å². The predicted octanol–water partition coefficient (Wildman–Crippen LogP) is -0.0308. The molecule has 0 fully saturated rings. The predicted molar refractivity (Wildman–Crippen MR) is 90.3 cm³/mol. The molecule has 0 bridgehead atoms. The molecule has 2 N–H and O–H groups in total. The molecule has 0 saturated heterocycles. The van der Waals surface area contributed by atoms with E-state index in [4.69, 9.17) is 9.47 Å². The van der Waals surface area contributed by atoms with Crippen LogP contribution in [-0.2, 0) is 18.9 Å². The van der Waals surface area contributed by atoms with Crippen LogP contribution in [0, 0.1) is 0 Å². The Balaban J connectivity index is 1.66. The molecule has 1 aliphatic heterocycles. The van der Waals surface area contributed by atoms with Crippen molar-refractivity contribution in [1.29, 1.82) is 0 Å². The normalized spacial score (nSPS) is 12.4. The number of anilines is 1. The van der Waals surface area contributed by atoms with Gasteiger partial charge in [-0.1, -0.05) is 6.07 Å². The number of aromatic nitrogens is 2. The summed E-state index contributed by atoms with van der Waals surface area (Å²) in [6.07, 6.45) is 2.91. The van der Waals surface area contributed by atoms with Gasteiger partial charge in [-0.2, -0.15) is 0 Å². The van der Waals surface area contributed by atoms with Crippen LogP contribution < -0.4 is 31.6 Å². The van der Waals surface area contributed by atoms with Crippen LogP contribution in [0.1, 0.15) is 5.56 Å². The molecule has 3 rings (SSSR count). The molecule has 1 aromatic heterocycles. The smallest absolute Gasteiger partial charge is 0.332 e. The number of carbonyl (C=O) groups is 1. The highest BCUT2D eigenvalue weighted by molar-refractivity contribution is 5.92. The Hall–Kier alpha value is -3.49. The van der Waals surface area contributed by atoms with Crippen LogP contribution in [-0.4, -0.2) is 21.8 Å². The van der Waals surface area contributed by atoms with Gasteiger partial charge in [0.2, 0.25) is 6.79 Å². The van der Waals surface area contributed by atoms with Crippen molar-refractivity contribution in [3.05, 3.63) is 56.7 Å². The Morgan fingerprint density at radius 3 is 2.68 bits per heavy atom. The van der Waals surface area contributed by atoms with Crippen molar-refractivity contribution >= 4 is 17.8 Å². The Bertz CT molecular complexity index is 973. The lowest BCUT2D eigenvalue weighted by Crippen LogP contribution is -2.39. The first kappa shape index (κ1) is 16.4. The molecule has 1 amide bonds. The van der Waals surface area contributed by atoms with E-state index in [2.05, 4.69) is 10.9 Å². The molecule has 0 radical (unpaired) electrons. The number of benzene rings is 1. The number of nitrogens with one attached hydrogen (secondary N) is 2. The summed E-state index contributed by atoms with van der Waals surface area (Å²) in [5, 5.41) is 0. The zero-order valence-corrected chi connectivity index (χ0v) is 13.6. The van der Waals surface area contributed by atoms with Crippen LogP contribution in [0.2, 0.25) is 0 Å². The second-order valence-electron chi connectivity index (χ2n) is 5.33. The molecule has 2 heterocycles. The van der Waals surface area contributed by atoms with E-state index in [1.807, 2.05) is 0 Å². The molecule has 0 unspecified atom stereocenters. The van der Waals surface area contributed by atoms with Crippen LogP contribution in [0.3, 0.4) is 0 Å². The SMILES string of the molecule is Cn1c(NNC(=O)C=Cc2ccc3c(c2)OCO3)cc(=O)n(C)c1=O. The molecular formula is C16H16N4O5. The third-order valence-electron chi connectivity index (χ3n) is 3.66. The molecule has 2 aromatic rings. The molecule has 1 aromatic carbocycles. The van der Waals surface area contributed by atoms with Crippen LogP contribution >= 0.6 is 0 Å². The van der Waals surface area contributed by atoms with E-state index in [1.54, 1.807) is 24.3 Å². The zero-order valence-electron chi connectivity index (χ0n) is 13.6. The van der Waals surface area contributed by atoms with E-state index in [0.29, 0.717) is 11.5 Å². The number of hydrazine groups is 1. The third-order valence-corrected chi connectivity index (χ3v) is 3.66. The number of carbonyl (C=O) groups excluding carboxylic acids is 1. The Morgan fingerprint density at radius 2 is 1.88 bits per heavy atom. The van der Waals surface area contributed by atoms with Gasteiger partial charge in [-0.25, -0.2) is 4.79 Å². The molecule has 25 heavy (non-hydrogen) atoms. The fraction of sp³-hybridized carbons (Fsp3) is 0.188. The average molecular weight is 344 g/mol. The van der Waals surface area contributed by atoms with E-state index in [0.717, 1.165) is 10.1 Å². The van der Waals surface area contributed by atoms with Crippen molar-refractivity contribution in [2.24, 2.45) is 14.1 Å². The third kappa shape index (κ3) is 3.39. The monoisotopic (exact) mass is 344 g/mol. The summed E-state index contributed by atoms with van der Waals surface area (Å²) >= 11 is 0. The second kappa shape index (κ2) is 6.56. The first-order valence-corrected chi connectivity index (χ1v) is 7.36. The summed E-state index contributed by atoms with van der Waals surface area (Å²) < 4.78 is 12.7. The molecule has 1 aliphatic rings. The minimum atomic E-state index is -0.500. The molecule has 130 valence electrons. The van der Waals surface area contributed by atoms with Gasteiger partial charge in [-0.05, 0) is 23.8 Å². The van der Waals surface area contributed by atoms with Gasteiger partial charge in [0.1, 0.15) is 5.82 Å². The number of rotatable bonds is 4. The molecule has 0 aliphatic carbocycles. The van der Waals surface area contributed by atoms with Gasteiger partial charge >= 0.3 is 5.69 Å². The quantitative estimate of drug-likeness (QED) is 0.596. The molecule has 0 atom stereocenters. The number of ether oxygens (including phenoxy) is 2. The van der Waals surface area contributed by atoms with Gasteiger partial charge in [0.05, 0.1) is 0 Å². The highest BCUT2D eigenvalue weighted by Crippen LogP contribution is 2.32. The van der Waals surface area contributed by atoms with Crippen molar-refractivity contribution in [2.75, 3.05) is 12.2 Å². The lowest BCUT2D eigenvalue weighted by molar-refractivity contribution is -0.116. The van der Waals surface area contributed by atoms with E-state index >= 15 is 0 Å². The lowest BCUT2D eigenvalue weighted by Gasteiger charge is -2.11. The number of hydrogen-bond acceptors (Lipinski definition) is 6. The first-order chi connectivity index (χ1) is 12.0. The maximum atomic E-state index is 11.9. The molecule has 0 spiro atoms. The minimum absolute atomic E-state index is 0.179. The van der Waals surface area contributed by atoms with E-state index in [1.165, 1.54) is 30.8 Å².